The largest absolute Gasteiger partial charge is 0.393 e. The van der Waals surface area contributed by atoms with Crippen molar-refractivity contribution in [2.24, 2.45) is 0 Å². The van der Waals surface area contributed by atoms with Crippen LogP contribution in [-0.2, 0) is 13.1 Å². The minimum absolute atomic E-state index is 0.236. The summed E-state index contributed by atoms with van der Waals surface area (Å²) >= 11 is 0. The van der Waals surface area contributed by atoms with Gasteiger partial charge in [0.25, 0.3) is 0 Å². The lowest BCUT2D eigenvalue weighted by Gasteiger charge is -2.25. The third kappa shape index (κ3) is 5.37. The first-order chi connectivity index (χ1) is 11.8. The van der Waals surface area contributed by atoms with Crippen LogP contribution in [0.2, 0.25) is 0 Å². The van der Waals surface area contributed by atoms with Crippen molar-refractivity contribution in [1.29, 1.82) is 0 Å². The number of hydrogen-bond acceptors (Lipinski definition) is 5. The number of nitrogens with zero attached hydrogens (tertiary/aromatic N) is 4. The molecule has 0 saturated carbocycles. The quantitative estimate of drug-likeness (QED) is 0.930. The summed E-state index contributed by atoms with van der Waals surface area (Å²) < 4.78 is 0. The summed E-state index contributed by atoms with van der Waals surface area (Å²) in [4.78, 5) is 13.6. The first-order valence-electron chi connectivity index (χ1n) is 8.72. The van der Waals surface area contributed by atoms with E-state index in [1.54, 1.807) is 0 Å². The molecule has 3 heterocycles. The molecule has 0 spiro atoms. The molecular weight excluding hydrogens is 300 g/mol. The minimum Gasteiger partial charge on any atom is -0.393 e. The summed E-state index contributed by atoms with van der Waals surface area (Å²) in [7, 11) is 0. The lowest BCUT2D eigenvalue weighted by molar-refractivity contribution is 0.131. The van der Waals surface area contributed by atoms with Gasteiger partial charge >= 0.3 is 0 Å². The van der Waals surface area contributed by atoms with Crippen molar-refractivity contribution >= 4 is 0 Å². The van der Waals surface area contributed by atoms with Crippen LogP contribution >= 0.6 is 0 Å². The number of aliphatic hydroxyl groups excluding tert-OH is 1. The van der Waals surface area contributed by atoms with Gasteiger partial charge in [-0.25, -0.2) is 0 Å². The van der Waals surface area contributed by atoms with Crippen molar-refractivity contribution < 1.29 is 5.11 Å². The van der Waals surface area contributed by atoms with Crippen LogP contribution in [-0.4, -0.2) is 57.2 Å². The van der Waals surface area contributed by atoms with Crippen molar-refractivity contribution in [3.63, 3.8) is 0 Å². The van der Waals surface area contributed by atoms with E-state index in [4.69, 9.17) is 0 Å². The fraction of sp³-hybridized carbons (Fsp3) is 0.474. The Morgan fingerprint density at radius 3 is 1.71 bits per heavy atom. The van der Waals surface area contributed by atoms with Gasteiger partial charge in [-0.1, -0.05) is 12.1 Å². The second-order valence-electron chi connectivity index (χ2n) is 6.43. The van der Waals surface area contributed by atoms with Gasteiger partial charge in [0.1, 0.15) is 0 Å². The Balaban J connectivity index is 1.61. The second-order valence-corrected chi connectivity index (χ2v) is 6.43. The Labute approximate surface area is 144 Å². The molecule has 0 amide bonds. The van der Waals surface area contributed by atoms with E-state index in [9.17, 15) is 5.11 Å². The van der Waals surface area contributed by atoms with Gasteiger partial charge < -0.3 is 5.11 Å². The second kappa shape index (κ2) is 8.87. The highest BCUT2D eigenvalue weighted by atomic mass is 16.3. The zero-order valence-corrected chi connectivity index (χ0v) is 14.1. The molecule has 0 unspecified atom stereocenters. The van der Waals surface area contributed by atoms with Crippen LogP contribution in [0.3, 0.4) is 0 Å². The summed E-state index contributed by atoms with van der Waals surface area (Å²) in [5.41, 5.74) is 2.17. The summed E-state index contributed by atoms with van der Waals surface area (Å²) in [5.74, 6) is 0. The van der Waals surface area contributed by atoms with Gasteiger partial charge in [0.15, 0.2) is 0 Å². The molecule has 1 saturated heterocycles. The maximum Gasteiger partial charge on any atom is 0.0564 e. The van der Waals surface area contributed by atoms with E-state index in [1.807, 2.05) is 36.7 Å². The van der Waals surface area contributed by atoms with E-state index < -0.39 is 0 Å². The average Bonchev–Trinajstić information content (AvgIpc) is 2.70. The number of aliphatic hydroxyl groups is 1. The summed E-state index contributed by atoms with van der Waals surface area (Å²) in [6.45, 7) is 5.46. The van der Waals surface area contributed by atoms with Crippen molar-refractivity contribution in [1.82, 2.24) is 19.8 Å². The molecule has 0 atom stereocenters. The van der Waals surface area contributed by atoms with Crippen LogP contribution in [0.15, 0.2) is 48.8 Å². The van der Waals surface area contributed by atoms with E-state index in [1.165, 1.54) is 0 Å². The molecule has 3 rings (SSSR count). The monoisotopic (exact) mass is 326 g/mol. The predicted octanol–water partition coefficient (Wildman–Crippen LogP) is 1.94. The topological polar surface area (TPSA) is 52.5 Å². The van der Waals surface area contributed by atoms with Crippen molar-refractivity contribution in [2.45, 2.75) is 32.0 Å². The van der Waals surface area contributed by atoms with Crippen molar-refractivity contribution in [3.05, 3.63) is 60.2 Å². The lowest BCUT2D eigenvalue weighted by Crippen LogP contribution is -2.34. The highest BCUT2D eigenvalue weighted by molar-refractivity contribution is 5.04. The molecule has 0 aromatic carbocycles. The molecule has 5 nitrogen and oxygen atoms in total. The summed E-state index contributed by atoms with van der Waals surface area (Å²) in [6, 6.07) is 12.1. The number of pyridine rings is 2. The van der Waals surface area contributed by atoms with Gasteiger partial charge in [-0.15, -0.1) is 0 Å². The molecule has 0 bridgehead atoms. The predicted molar refractivity (Wildman–Crippen MR) is 94.3 cm³/mol. The Kier molecular flexibility index (Phi) is 6.29. The van der Waals surface area contributed by atoms with E-state index in [0.29, 0.717) is 0 Å². The third-order valence-electron chi connectivity index (χ3n) is 4.51. The fourth-order valence-electron chi connectivity index (χ4n) is 3.07. The van der Waals surface area contributed by atoms with Crippen LogP contribution in [0.4, 0.5) is 0 Å². The van der Waals surface area contributed by atoms with E-state index in [2.05, 4.69) is 31.9 Å². The van der Waals surface area contributed by atoms with E-state index in [0.717, 1.165) is 63.5 Å². The maximum absolute atomic E-state index is 10.2. The molecule has 0 aliphatic carbocycles. The zero-order valence-electron chi connectivity index (χ0n) is 14.1. The molecule has 2 aromatic rings. The Morgan fingerprint density at radius 2 is 1.29 bits per heavy atom. The molecule has 24 heavy (non-hydrogen) atoms. The van der Waals surface area contributed by atoms with E-state index in [-0.39, 0.29) is 6.10 Å². The fourth-order valence-corrected chi connectivity index (χ4v) is 3.07. The maximum atomic E-state index is 10.2. The molecule has 2 aromatic heterocycles. The molecule has 5 heteroatoms. The lowest BCUT2D eigenvalue weighted by atomic mass is 10.1. The van der Waals surface area contributed by atoms with Gasteiger partial charge in [0.05, 0.1) is 17.5 Å². The van der Waals surface area contributed by atoms with Crippen molar-refractivity contribution in [3.8, 4) is 0 Å². The first-order valence-corrected chi connectivity index (χ1v) is 8.72. The Morgan fingerprint density at radius 1 is 0.792 bits per heavy atom. The average molecular weight is 326 g/mol. The van der Waals surface area contributed by atoms with Gasteiger partial charge in [-0.3, -0.25) is 19.8 Å². The zero-order chi connectivity index (χ0) is 16.6. The van der Waals surface area contributed by atoms with Crippen LogP contribution in [0.5, 0.6) is 0 Å². The van der Waals surface area contributed by atoms with Gasteiger partial charge in [0, 0.05) is 51.7 Å². The van der Waals surface area contributed by atoms with Crippen LogP contribution in [0.25, 0.3) is 0 Å². The third-order valence-corrected chi connectivity index (χ3v) is 4.51. The number of aromatic nitrogens is 2. The van der Waals surface area contributed by atoms with Crippen LogP contribution < -0.4 is 0 Å². The Bertz CT molecular complexity index is 539. The molecule has 1 aliphatic heterocycles. The normalized spacial score (nSPS) is 18.7. The van der Waals surface area contributed by atoms with Gasteiger partial charge in [-0.2, -0.15) is 0 Å². The highest BCUT2D eigenvalue weighted by Gasteiger charge is 2.17. The molecule has 1 aliphatic rings. The van der Waals surface area contributed by atoms with E-state index >= 15 is 0 Å². The SMILES string of the molecule is OC1CCN(Cc2ccccn2)CCN(Cc2ccccn2)CC1. The smallest absolute Gasteiger partial charge is 0.0564 e. The molecule has 1 N–H and O–H groups in total. The van der Waals surface area contributed by atoms with Gasteiger partial charge in [-0.05, 0) is 37.1 Å². The van der Waals surface area contributed by atoms with Gasteiger partial charge in [0.2, 0.25) is 0 Å². The molecule has 0 radical (unpaired) electrons. The highest BCUT2D eigenvalue weighted by Crippen LogP contribution is 2.11. The Hall–Kier alpha value is -1.82. The molecular formula is C19H26N4O. The standard InChI is InChI=1S/C19H26N4O/c24-19-7-11-22(15-17-5-1-3-9-20-17)13-14-23(12-8-19)16-18-6-2-4-10-21-18/h1-6,9-10,19,24H,7-8,11-16H2. The van der Waals surface area contributed by atoms with Crippen molar-refractivity contribution in [2.75, 3.05) is 26.2 Å². The molecule has 1 fully saturated rings. The van der Waals surface area contributed by atoms with Crippen LogP contribution in [0.1, 0.15) is 24.2 Å². The first kappa shape index (κ1) is 17.0. The van der Waals surface area contributed by atoms with Crippen LogP contribution in [0, 0.1) is 0 Å². The molecule has 128 valence electrons. The minimum atomic E-state index is -0.236. The summed E-state index contributed by atoms with van der Waals surface area (Å²) in [5, 5.41) is 10.2. The number of rotatable bonds is 4. The summed E-state index contributed by atoms with van der Waals surface area (Å²) in [6.07, 6.45) is 5.09. The number of hydrogen-bond donors (Lipinski definition) is 1.